The molecule has 0 bridgehead atoms. The highest BCUT2D eigenvalue weighted by Gasteiger charge is 2.02. The number of hydrogen-bond donors (Lipinski definition) is 0. The van der Waals surface area contributed by atoms with E-state index in [0.717, 1.165) is 5.92 Å². The van der Waals surface area contributed by atoms with Gasteiger partial charge in [0.25, 0.3) is 0 Å². The molecule has 0 aromatic carbocycles. The van der Waals surface area contributed by atoms with E-state index in [2.05, 4.69) is 32.9 Å². The molecule has 108 valence electrons. The maximum Gasteiger partial charge on any atom is -0.0322 e. The van der Waals surface area contributed by atoms with E-state index in [1.807, 2.05) is 0 Å². The Morgan fingerprint density at radius 3 is 2.06 bits per heavy atom. The lowest BCUT2D eigenvalue weighted by Gasteiger charge is -2.11. The van der Waals surface area contributed by atoms with Crippen molar-refractivity contribution in [1.29, 1.82) is 0 Å². The second-order valence-electron chi connectivity index (χ2n) is 5.68. The van der Waals surface area contributed by atoms with Gasteiger partial charge in [-0.2, -0.15) is 0 Å². The Balaban J connectivity index is 3.34. The van der Waals surface area contributed by atoms with Gasteiger partial charge in [-0.25, -0.2) is 0 Å². The predicted octanol–water partition coefficient (Wildman–Crippen LogP) is 6.90. The van der Waals surface area contributed by atoms with Gasteiger partial charge in [0.05, 0.1) is 0 Å². The largest absolute Gasteiger partial charge is 0.0885 e. The summed E-state index contributed by atoms with van der Waals surface area (Å²) in [5.41, 5.74) is 0. The van der Waals surface area contributed by atoms with Crippen LogP contribution < -0.4 is 0 Å². The first-order chi connectivity index (χ1) is 8.85. The molecule has 0 rings (SSSR count). The molecule has 0 aliphatic rings. The van der Waals surface area contributed by atoms with Crippen LogP contribution in [-0.4, -0.2) is 0 Å². The molecule has 1 unspecified atom stereocenters. The molecule has 1 atom stereocenters. The zero-order chi connectivity index (χ0) is 13.5. The second-order valence-corrected chi connectivity index (χ2v) is 5.68. The zero-order valence-corrected chi connectivity index (χ0v) is 13.2. The number of hydrogen-bond acceptors (Lipinski definition) is 0. The molecule has 0 nitrogen and oxygen atoms in total. The Morgan fingerprint density at radius 2 is 1.39 bits per heavy atom. The van der Waals surface area contributed by atoms with Crippen molar-refractivity contribution in [3.63, 3.8) is 0 Å². The van der Waals surface area contributed by atoms with Gasteiger partial charge in [-0.1, -0.05) is 90.7 Å². The summed E-state index contributed by atoms with van der Waals surface area (Å²) >= 11 is 0. The van der Waals surface area contributed by atoms with Crippen LogP contribution in [0.5, 0.6) is 0 Å². The molecule has 0 heteroatoms. The summed E-state index contributed by atoms with van der Waals surface area (Å²) in [5, 5.41) is 0. The molecule has 0 saturated heterocycles. The third-order valence-electron chi connectivity index (χ3n) is 3.90. The normalized spacial score (nSPS) is 13.3. The van der Waals surface area contributed by atoms with Gasteiger partial charge in [0.15, 0.2) is 0 Å². The van der Waals surface area contributed by atoms with Crippen LogP contribution in [0.4, 0.5) is 0 Å². The van der Waals surface area contributed by atoms with Crippen LogP contribution in [0.3, 0.4) is 0 Å². The molecular formula is C18H36. The van der Waals surface area contributed by atoms with Crippen molar-refractivity contribution in [2.24, 2.45) is 5.92 Å². The number of unbranched alkanes of at least 4 members (excludes halogenated alkanes) is 7. The minimum absolute atomic E-state index is 0.936. The third kappa shape index (κ3) is 12.2. The van der Waals surface area contributed by atoms with Gasteiger partial charge in [0.2, 0.25) is 0 Å². The second kappa shape index (κ2) is 14.8. The quantitative estimate of drug-likeness (QED) is 0.247. The lowest BCUT2D eigenvalue weighted by Crippen LogP contribution is -1.96. The molecule has 0 radical (unpaired) electrons. The van der Waals surface area contributed by atoms with Gasteiger partial charge in [0.1, 0.15) is 0 Å². The van der Waals surface area contributed by atoms with Crippen molar-refractivity contribution in [1.82, 2.24) is 0 Å². The molecule has 0 heterocycles. The fraction of sp³-hybridized carbons (Fsp3) is 0.889. The highest BCUT2D eigenvalue weighted by Crippen LogP contribution is 2.17. The van der Waals surface area contributed by atoms with Crippen molar-refractivity contribution >= 4 is 0 Å². The van der Waals surface area contributed by atoms with Crippen molar-refractivity contribution < 1.29 is 0 Å². The highest BCUT2D eigenvalue weighted by atomic mass is 14.1. The van der Waals surface area contributed by atoms with Crippen molar-refractivity contribution in [3.8, 4) is 0 Å². The van der Waals surface area contributed by atoms with Crippen LogP contribution in [0.15, 0.2) is 12.2 Å². The van der Waals surface area contributed by atoms with Crippen LogP contribution in [-0.2, 0) is 0 Å². The van der Waals surface area contributed by atoms with Gasteiger partial charge < -0.3 is 0 Å². The topological polar surface area (TPSA) is 0 Å². The van der Waals surface area contributed by atoms with Crippen molar-refractivity contribution in [2.45, 2.75) is 97.8 Å². The fourth-order valence-electron chi connectivity index (χ4n) is 2.43. The van der Waals surface area contributed by atoms with Gasteiger partial charge in [-0.3, -0.25) is 0 Å². The van der Waals surface area contributed by atoms with E-state index in [1.54, 1.807) is 0 Å². The standard InChI is InChI=1S/C18H36/c1-4-7-9-10-11-12-13-14-15-17-18(6-3)16-8-5-2/h14-15,18H,4-13,16-17H2,1-3H3. The van der Waals surface area contributed by atoms with Crippen LogP contribution in [0.25, 0.3) is 0 Å². The van der Waals surface area contributed by atoms with Crippen LogP contribution in [0.2, 0.25) is 0 Å². The zero-order valence-electron chi connectivity index (χ0n) is 13.2. The molecule has 0 amide bonds. The number of allylic oxidation sites excluding steroid dienone is 2. The van der Waals surface area contributed by atoms with E-state index in [9.17, 15) is 0 Å². The molecule has 0 spiro atoms. The van der Waals surface area contributed by atoms with Gasteiger partial charge in [-0.15, -0.1) is 0 Å². The minimum Gasteiger partial charge on any atom is -0.0885 e. The smallest absolute Gasteiger partial charge is 0.0322 e. The summed E-state index contributed by atoms with van der Waals surface area (Å²) in [6, 6.07) is 0. The Kier molecular flexibility index (Phi) is 14.6. The fourth-order valence-corrected chi connectivity index (χ4v) is 2.43. The first-order valence-electron chi connectivity index (χ1n) is 8.50. The first-order valence-corrected chi connectivity index (χ1v) is 8.50. The van der Waals surface area contributed by atoms with Crippen LogP contribution >= 0.6 is 0 Å². The monoisotopic (exact) mass is 252 g/mol. The van der Waals surface area contributed by atoms with Crippen molar-refractivity contribution in [2.75, 3.05) is 0 Å². The molecule has 0 aromatic heterocycles. The summed E-state index contributed by atoms with van der Waals surface area (Å²) in [4.78, 5) is 0. The Labute approximate surface area is 116 Å². The van der Waals surface area contributed by atoms with Gasteiger partial charge >= 0.3 is 0 Å². The maximum atomic E-state index is 2.44. The summed E-state index contributed by atoms with van der Waals surface area (Å²) < 4.78 is 0. The summed E-state index contributed by atoms with van der Waals surface area (Å²) in [7, 11) is 0. The predicted molar refractivity (Wildman–Crippen MR) is 85.1 cm³/mol. The molecule has 0 aliphatic heterocycles. The lowest BCUT2D eigenvalue weighted by atomic mass is 9.95. The maximum absolute atomic E-state index is 2.44. The van der Waals surface area contributed by atoms with Gasteiger partial charge in [-0.05, 0) is 25.2 Å². The van der Waals surface area contributed by atoms with Crippen molar-refractivity contribution in [3.05, 3.63) is 12.2 Å². The van der Waals surface area contributed by atoms with E-state index in [4.69, 9.17) is 0 Å². The minimum atomic E-state index is 0.936. The van der Waals surface area contributed by atoms with Crippen LogP contribution in [0, 0.1) is 5.92 Å². The average molecular weight is 252 g/mol. The van der Waals surface area contributed by atoms with Gasteiger partial charge in [0, 0.05) is 0 Å². The molecule has 0 saturated carbocycles. The Morgan fingerprint density at radius 1 is 0.722 bits per heavy atom. The van der Waals surface area contributed by atoms with E-state index in [0.29, 0.717) is 0 Å². The molecule has 0 N–H and O–H groups in total. The number of rotatable bonds is 13. The molecule has 0 aliphatic carbocycles. The highest BCUT2D eigenvalue weighted by molar-refractivity contribution is 4.83. The summed E-state index contributed by atoms with van der Waals surface area (Å²) in [6.07, 6.45) is 21.5. The van der Waals surface area contributed by atoms with E-state index >= 15 is 0 Å². The lowest BCUT2D eigenvalue weighted by molar-refractivity contribution is 0.456. The average Bonchev–Trinajstić information content (AvgIpc) is 2.40. The van der Waals surface area contributed by atoms with Crippen LogP contribution in [0.1, 0.15) is 97.8 Å². The summed E-state index contributed by atoms with van der Waals surface area (Å²) in [5.74, 6) is 0.936. The summed E-state index contributed by atoms with van der Waals surface area (Å²) in [6.45, 7) is 6.91. The molecular weight excluding hydrogens is 216 g/mol. The van der Waals surface area contributed by atoms with E-state index < -0.39 is 0 Å². The molecule has 0 fully saturated rings. The Bertz CT molecular complexity index is 169. The molecule has 0 aromatic rings. The van der Waals surface area contributed by atoms with E-state index in [-0.39, 0.29) is 0 Å². The SMILES string of the molecule is CCCCCCCCC=CCC(CC)CCCC. The Hall–Kier alpha value is -0.260. The van der Waals surface area contributed by atoms with E-state index in [1.165, 1.54) is 77.0 Å². The molecule has 18 heavy (non-hydrogen) atoms. The third-order valence-corrected chi connectivity index (χ3v) is 3.90. The first kappa shape index (κ1) is 17.7.